The molecule has 3 aromatic rings. The number of carbonyl (C=O) groups is 1. The first-order valence-corrected chi connectivity index (χ1v) is 6.69. The van der Waals surface area contributed by atoms with Crippen LogP contribution in [-0.4, -0.2) is 22.7 Å². The molecule has 3 rings (SSSR count). The van der Waals surface area contributed by atoms with Gasteiger partial charge >= 0.3 is 5.97 Å². The maximum atomic E-state index is 12.0. The molecule has 5 heteroatoms. The van der Waals surface area contributed by atoms with Crippen LogP contribution in [0.15, 0.2) is 41.1 Å². The van der Waals surface area contributed by atoms with Crippen LogP contribution in [-0.2, 0) is 4.74 Å². The summed E-state index contributed by atoms with van der Waals surface area (Å²) in [5.74, 6) is 0.0102. The van der Waals surface area contributed by atoms with Crippen LogP contribution in [0.25, 0.3) is 22.2 Å². The van der Waals surface area contributed by atoms with Gasteiger partial charge in [-0.25, -0.2) is 4.79 Å². The predicted octanol–water partition coefficient (Wildman–Crippen LogP) is 3.37. The van der Waals surface area contributed by atoms with E-state index in [2.05, 4.69) is 10.1 Å². The van der Waals surface area contributed by atoms with Crippen LogP contribution in [0.2, 0.25) is 0 Å². The molecule has 0 saturated carbocycles. The highest BCUT2D eigenvalue weighted by molar-refractivity contribution is 5.97. The lowest BCUT2D eigenvalue weighted by molar-refractivity contribution is 0.0525. The second kappa shape index (κ2) is 5.36. The van der Waals surface area contributed by atoms with Gasteiger partial charge < -0.3 is 9.26 Å². The molecule has 0 aliphatic heterocycles. The number of rotatable bonds is 3. The Kier molecular flexibility index (Phi) is 3.39. The molecule has 0 bridgehead atoms. The van der Waals surface area contributed by atoms with Crippen molar-refractivity contribution in [3.05, 3.63) is 47.9 Å². The SMILES string of the molecule is CCOC(=O)c1c(-c2cnc3ccccc3c2)noc1C. The Morgan fingerprint density at radius 2 is 2.14 bits per heavy atom. The molecule has 2 heterocycles. The second-order valence-electron chi connectivity index (χ2n) is 4.60. The summed E-state index contributed by atoms with van der Waals surface area (Å²) in [7, 11) is 0. The van der Waals surface area contributed by atoms with Crippen LogP contribution in [0.1, 0.15) is 23.0 Å². The number of para-hydroxylation sites is 1. The van der Waals surface area contributed by atoms with Crippen molar-refractivity contribution in [3.8, 4) is 11.3 Å². The minimum atomic E-state index is -0.431. The molecular formula is C16H14N2O3. The lowest BCUT2D eigenvalue weighted by Crippen LogP contribution is -2.06. The summed E-state index contributed by atoms with van der Waals surface area (Å²) in [6.45, 7) is 3.76. The van der Waals surface area contributed by atoms with Gasteiger partial charge in [0.15, 0.2) is 0 Å². The lowest BCUT2D eigenvalue weighted by Gasteiger charge is -2.03. The van der Waals surface area contributed by atoms with Gasteiger partial charge in [0.2, 0.25) is 0 Å². The largest absolute Gasteiger partial charge is 0.462 e. The van der Waals surface area contributed by atoms with Crippen molar-refractivity contribution in [1.29, 1.82) is 0 Å². The highest BCUT2D eigenvalue weighted by Gasteiger charge is 2.23. The number of nitrogens with zero attached hydrogens (tertiary/aromatic N) is 2. The van der Waals surface area contributed by atoms with Crippen LogP contribution in [0.4, 0.5) is 0 Å². The second-order valence-corrected chi connectivity index (χ2v) is 4.60. The summed E-state index contributed by atoms with van der Waals surface area (Å²) < 4.78 is 10.2. The molecule has 106 valence electrons. The monoisotopic (exact) mass is 282 g/mol. The maximum absolute atomic E-state index is 12.0. The first kappa shape index (κ1) is 13.3. The van der Waals surface area contributed by atoms with Crippen molar-refractivity contribution in [2.24, 2.45) is 0 Å². The van der Waals surface area contributed by atoms with Crippen LogP contribution in [0.5, 0.6) is 0 Å². The summed E-state index contributed by atoms with van der Waals surface area (Å²) in [6.07, 6.45) is 1.68. The molecule has 0 spiro atoms. The van der Waals surface area contributed by atoms with Gasteiger partial charge in [-0.3, -0.25) is 4.98 Å². The number of hydrogen-bond acceptors (Lipinski definition) is 5. The smallest absolute Gasteiger partial charge is 0.344 e. The fourth-order valence-corrected chi connectivity index (χ4v) is 2.21. The van der Waals surface area contributed by atoms with E-state index in [1.54, 1.807) is 20.0 Å². The van der Waals surface area contributed by atoms with Gasteiger partial charge in [0.1, 0.15) is 17.0 Å². The topological polar surface area (TPSA) is 65.2 Å². The van der Waals surface area contributed by atoms with Crippen LogP contribution in [0, 0.1) is 6.92 Å². The van der Waals surface area contributed by atoms with Gasteiger partial charge in [-0.1, -0.05) is 23.4 Å². The van der Waals surface area contributed by atoms with Crippen LogP contribution in [0.3, 0.4) is 0 Å². The number of aromatic nitrogens is 2. The van der Waals surface area contributed by atoms with E-state index in [-0.39, 0.29) is 0 Å². The van der Waals surface area contributed by atoms with Crippen molar-refractivity contribution in [3.63, 3.8) is 0 Å². The average Bonchev–Trinajstić information content (AvgIpc) is 2.89. The molecular weight excluding hydrogens is 268 g/mol. The van der Waals surface area contributed by atoms with E-state index in [4.69, 9.17) is 9.26 Å². The molecule has 0 atom stereocenters. The van der Waals surface area contributed by atoms with Gasteiger partial charge in [-0.15, -0.1) is 0 Å². The molecule has 5 nitrogen and oxygen atoms in total. The number of aryl methyl sites for hydroxylation is 1. The van der Waals surface area contributed by atoms with Gasteiger partial charge in [0.05, 0.1) is 12.1 Å². The molecule has 0 saturated heterocycles. The van der Waals surface area contributed by atoms with E-state index in [9.17, 15) is 4.79 Å². The van der Waals surface area contributed by atoms with E-state index in [1.807, 2.05) is 30.3 Å². The van der Waals surface area contributed by atoms with Crippen LogP contribution < -0.4 is 0 Å². The summed E-state index contributed by atoms with van der Waals surface area (Å²) in [5.41, 5.74) is 2.44. The van der Waals surface area contributed by atoms with Gasteiger partial charge in [0, 0.05) is 17.1 Å². The predicted molar refractivity (Wildman–Crippen MR) is 77.9 cm³/mol. The number of ether oxygens (including phenoxy) is 1. The van der Waals surface area contributed by atoms with E-state index >= 15 is 0 Å². The third-order valence-electron chi connectivity index (χ3n) is 3.21. The minimum absolute atomic E-state index is 0.304. The van der Waals surface area contributed by atoms with E-state index < -0.39 is 5.97 Å². The Hall–Kier alpha value is -2.69. The Bertz CT molecular complexity index is 808. The van der Waals surface area contributed by atoms with Gasteiger partial charge in [-0.2, -0.15) is 0 Å². The summed E-state index contributed by atoms with van der Waals surface area (Å²) in [4.78, 5) is 16.4. The van der Waals surface area contributed by atoms with Gasteiger partial charge in [0.25, 0.3) is 0 Å². The number of fused-ring (bicyclic) bond motifs is 1. The highest BCUT2D eigenvalue weighted by Crippen LogP contribution is 2.27. The Balaban J connectivity index is 2.12. The molecule has 1 aromatic carbocycles. The fourth-order valence-electron chi connectivity index (χ4n) is 2.21. The first-order chi connectivity index (χ1) is 10.2. The molecule has 0 aliphatic carbocycles. The van der Waals surface area contributed by atoms with Crippen molar-refractivity contribution in [2.75, 3.05) is 6.61 Å². The fraction of sp³-hybridized carbons (Fsp3) is 0.188. The molecule has 0 radical (unpaired) electrons. The number of esters is 1. The summed E-state index contributed by atoms with van der Waals surface area (Å²) in [5, 5.41) is 4.96. The number of benzene rings is 1. The Labute approximate surface area is 121 Å². The first-order valence-electron chi connectivity index (χ1n) is 6.69. The zero-order valence-corrected chi connectivity index (χ0v) is 11.8. The minimum Gasteiger partial charge on any atom is -0.462 e. The number of carbonyl (C=O) groups excluding carboxylic acids is 1. The van der Waals surface area contributed by atoms with Gasteiger partial charge in [-0.05, 0) is 26.0 Å². The molecule has 0 N–H and O–H groups in total. The molecule has 0 amide bonds. The Morgan fingerprint density at radius 3 is 2.95 bits per heavy atom. The number of pyridine rings is 1. The third kappa shape index (κ3) is 2.38. The third-order valence-corrected chi connectivity index (χ3v) is 3.21. The van der Waals surface area contributed by atoms with Crippen molar-refractivity contribution in [2.45, 2.75) is 13.8 Å². The van der Waals surface area contributed by atoms with Crippen molar-refractivity contribution >= 4 is 16.9 Å². The molecule has 0 unspecified atom stereocenters. The quantitative estimate of drug-likeness (QED) is 0.689. The Morgan fingerprint density at radius 1 is 1.33 bits per heavy atom. The van der Waals surface area contributed by atoms with E-state index in [0.29, 0.717) is 23.6 Å². The van der Waals surface area contributed by atoms with Crippen molar-refractivity contribution in [1.82, 2.24) is 10.1 Å². The van der Waals surface area contributed by atoms with E-state index in [0.717, 1.165) is 16.5 Å². The molecule has 0 fully saturated rings. The van der Waals surface area contributed by atoms with Crippen LogP contribution >= 0.6 is 0 Å². The summed E-state index contributed by atoms with van der Waals surface area (Å²) in [6, 6.07) is 9.69. The molecule has 21 heavy (non-hydrogen) atoms. The normalized spacial score (nSPS) is 10.8. The maximum Gasteiger partial charge on any atom is 0.344 e. The molecule has 0 aliphatic rings. The zero-order valence-electron chi connectivity index (χ0n) is 11.8. The standard InChI is InChI=1S/C16H14N2O3/c1-3-20-16(19)14-10(2)21-18-15(14)12-8-11-6-4-5-7-13(11)17-9-12/h4-9H,3H2,1-2H3. The zero-order chi connectivity index (χ0) is 14.8. The summed E-state index contributed by atoms with van der Waals surface area (Å²) >= 11 is 0. The number of hydrogen-bond donors (Lipinski definition) is 0. The van der Waals surface area contributed by atoms with E-state index in [1.165, 1.54) is 0 Å². The average molecular weight is 282 g/mol. The molecule has 2 aromatic heterocycles. The lowest BCUT2D eigenvalue weighted by atomic mass is 10.1. The highest BCUT2D eigenvalue weighted by atomic mass is 16.5. The van der Waals surface area contributed by atoms with Crippen molar-refractivity contribution < 1.29 is 14.1 Å².